The number of aliphatic imine (C=N–C) groups is 1. The second-order valence-electron chi connectivity index (χ2n) is 8.48. The van der Waals surface area contributed by atoms with Crippen LogP contribution in [0.1, 0.15) is 37.6 Å². The number of fused-ring (bicyclic) bond motifs is 1. The van der Waals surface area contributed by atoms with E-state index in [1.807, 2.05) is 32.0 Å². The molecule has 0 amide bonds. The number of ether oxygens (including phenoxy) is 1. The van der Waals surface area contributed by atoms with Gasteiger partial charge in [-0.05, 0) is 29.9 Å². The molecule has 39 heavy (non-hydrogen) atoms. The molecule has 0 saturated carbocycles. The number of nitrogens with zero attached hydrogens (tertiary/aromatic N) is 5. The number of aromatic nitrogens is 4. The van der Waals surface area contributed by atoms with Gasteiger partial charge in [0.1, 0.15) is 12.3 Å². The molecule has 14 nitrogen and oxygen atoms in total. The number of hydrogen-bond donors (Lipinski definition) is 3. The van der Waals surface area contributed by atoms with Crippen LogP contribution in [0.4, 0.5) is 11.6 Å². The Hall–Kier alpha value is -1.13. The molecule has 0 aliphatic carbocycles. The van der Waals surface area contributed by atoms with Crippen molar-refractivity contribution in [3.63, 3.8) is 0 Å². The van der Waals surface area contributed by atoms with Crippen molar-refractivity contribution in [2.24, 2.45) is 4.99 Å². The van der Waals surface area contributed by atoms with E-state index in [0.29, 0.717) is 18.5 Å². The molecule has 4 N–H and O–H groups in total. The van der Waals surface area contributed by atoms with Crippen LogP contribution in [0.2, 0.25) is 0 Å². The summed E-state index contributed by atoms with van der Waals surface area (Å²) in [5.74, 6) is -0.841. The number of aliphatic hydroxyl groups excluding tert-OH is 1. The van der Waals surface area contributed by atoms with Crippen LogP contribution in [0.3, 0.4) is 0 Å². The summed E-state index contributed by atoms with van der Waals surface area (Å²) in [4.78, 5) is 45.9. The van der Waals surface area contributed by atoms with E-state index in [-0.39, 0.29) is 82.6 Å². The van der Waals surface area contributed by atoms with Gasteiger partial charge in [-0.2, -0.15) is 4.98 Å². The SMILES string of the molecule is CCc1cccc(CC)c1N=C([O-])Cn1c(N)nc2c(ncn2[C@H]2C[C@H](OP(=O)([O-])O)[C@@H](CO)O2)c1=O.[Na+].[Na+]. The van der Waals surface area contributed by atoms with Crippen LogP contribution in [0.15, 0.2) is 34.3 Å². The van der Waals surface area contributed by atoms with E-state index < -0.39 is 50.9 Å². The van der Waals surface area contributed by atoms with E-state index in [9.17, 15) is 24.5 Å². The maximum Gasteiger partial charge on any atom is 1.00 e. The van der Waals surface area contributed by atoms with Gasteiger partial charge in [-0.15, -0.1) is 0 Å². The fourth-order valence-electron chi connectivity index (χ4n) is 4.35. The largest absolute Gasteiger partial charge is 1.00 e. The number of aryl methyl sites for hydroxylation is 2. The number of imidazole rings is 1. The Morgan fingerprint density at radius 3 is 2.51 bits per heavy atom. The summed E-state index contributed by atoms with van der Waals surface area (Å²) < 4.78 is 23.7. The van der Waals surface area contributed by atoms with E-state index in [2.05, 4.69) is 19.5 Å². The Balaban J connectivity index is 0.00000267. The molecule has 1 fully saturated rings. The van der Waals surface area contributed by atoms with E-state index in [1.165, 1.54) is 10.9 Å². The number of phosphoric acid groups is 1. The van der Waals surface area contributed by atoms with Crippen molar-refractivity contribution in [1.82, 2.24) is 19.1 Å². The van der Waals surface area contributed by atoms with Crippen LogP contribution in [-0.2, 0) is 33.2 Å². The molecular weight excluding hydrogens is 553 g/mol. The molecule has 0 radical (unpaired) electrons. The summed E-state index contributed by atoms with van der Waals surface area (Å²) in [6.07, 6.45) is -0.632. The minimum Gasteiger partial charge on any atom is -0.860 e. The summed E-state index contributed by atoms with van der Waals surface area (Å²) in [6, 6.07) is 5.70. The molecular formula is C22H27N6Na2O8P. The number of para-hydroxylation sites is 1. The third-order valence-electron chi connectivity index (χ3n) is 6.15. The van der Waals surface area contributed by atoms with Crippen molar-refractivity contribution in [3.8, 4) is 0 Å². The number of nitrogens with two attached hydrogens (primary N) is 1. The molecule has 3 aromatic rings. The van der Waals surface area contributed by atoms with Crippen LogP contribution in [0.5, 0.6) is 0 Å². The van der Waals surface area contributed by atoms with E-state index in [4.69, 9.17) is 15.4 Å². The van der Waals surface area contributed by atoms with Gasteiger partial charge in [0.25, 0.3) is 13.4 Å². The zero-order valence-electron chi connectivity index (χ0n) is 22.2. The smallest absolute Gasteiger partial charge is 0.860 e. The molecule has 1 aliphatic rings. The van der Waals surface area contributed by atoms with Crippen LogP contribution < -0.4 is 80.4 Å². The van der Waals surface area contributed by atoms with E-state index in [1.54, 1.807) is 0 Å². The Labute approximate surface area is 268 Å². The molecule has 3 heterocycles. The standard InChI is InChI=1S/C22H29N6O8P.2Na/c1-3-12-6-5-7-13(4-2)18(12)25-16(30)9-27-21(31)19-20(26-22(27)23)28(11-24-19)17-8-14(15(10-29)35-17)36-37(32,33)34;;/h5-7,11,14-15,17,29H,3-4,8-10H2,1-2H3,(H2,23,26)(H,25,30)(H2,32,33,34);;/q;2*+1/p-2/t14-,15+,17+;;/m0../s1. The third-order valence-corrected chi connectivity index (χ3v) is 6.68. The van der Waals surface area contributed by atoms with Crippen molar-refractivity contribution < 1.29 is 92.9 Å². The molecule has 1 aromatic carbocycles. The molecule has 0 spiro atoms. The minimum absolute atomic E-state index is 0. The number of nitrogen functional groups attached to an aromatic ring is 1. The number of phosphoric ester groups is 1. The van der Waals surface area contributed by atoms with Crippen molar-refractivity contribution in [3.05, 3.63) is 46.0 Å². The summed E-state index contributed by atoms with van der Waals surface area (Å²) in [6.45, 7) is 2.90. The minimum atomic E-state index is -5.08. The van der Waals surface area contributed by atoms with Crippen molar-refractivity contribution in [2.75, 3.05) is 12.3 Å². The van der Waals surface area contributed by atoms with Crippen LogP contribution in [0, 0.1) is 0 Å². The van der Waals surface area contributed by atoms with Crippen molar-refractivity contribution in [1.29, 1.82) is 0 Å². The Morgan fingerprint density at radius 1 is 1.31 bits per heavy atom. The molecule has 2 aromatic heterocycles. The van der Waals surface area contributed by atoms with Gasteiger partial charge in [-0.25, -0.2) is 4.98 Å². The van der Waals surface area contributed by atoms with Crippen LogP contribution in [0.25, 0.3) is 11.2 Å². The first-order chi connectivity index (χ1) is 17.6. The maximum absolute atomic E-state index is 13.1. The van der Waals surface area contributed by atoms with Gasteiger partial charge in [0.2, 0.25) is 5.95 Å². The summed E-state index contributed by atoms with van der Waals surface area (Å²) in [5.41, 5.74) is 7.70. The number of benzene rings is 1. The normalized spacial score (nSPS) is 20.8. The van der Waals surface area contributed by atoms with Gasteiger partial charge in [-0.3, -0.25) is 23.5 Å². The summed E-state index contributed by atoms with van der Waals surface area (Å²) >= 11 is 0. The summed E-state index contributed by atoms with van der Waals surface area (Å²) in [5, 5.41) is 22.3. The zero-order chi connectivity index (χ0) is 26.9. The maximum atomic E-state index is 13.1. The second kappa shape index (κ2) is 14.2. The van der Waals surface area contributed by atoms with Gasteiger partial charge >= 0.3 is 59.1 Å². The molecule has 0 bridgehead atoms. The van der Waals surface area contributed by atoms with Crippen molar-refractivity contribution >= 4 is 36.5 Å². The molecule has 200 valence electrons. The monoisotopic (exact) mass is 580 g/mol. The predicted octanol–water partition coefficient (Wildman–Crippen LogP) is -6.48. The Kier molecular flexibility index (Phi) is 12.4. The average molecular weight is 580 g/mol. The molecule has 4 rings (SSSR count). The van der Waals surface area contributed by atoms with E-state index in [0.717, 1.165) is 15.7 Å². The third kappa shape index (κ3) is 7.59. The zero-order valence-corrected chi connectivity index (χ0v) is 27.1. The fourth-order valence-corrected chi connectivity index (χ4v) is 4.92. The van der Waals surface area contributed by atoms with E-state index >= 15 is 0 Å². The molecule has 4 atom stereocenters. The number of rotatable bonds is 9. The number of aliphatic hydroxyl groups is 1. The predicted molar refractivity (Wildman–Crippen MR) is 129 cm³/mol. The molecule has 1 unspecified atom stereocenters. The van der Waals surface area contributed by atoms with Gasteiger partial charge < -0.3 is 35.0 Å². The van der Waals surface area contributed by atoms with Gasteiger partial charge in [0, 0.05) is 6.42 Å². The first-order valence-electron chi connectivity index (χ1n) is 11.6. The molecule has 1 saturated heterocycles. The van der Waals surface area contributed by atoms with Gasteiger partial charge in [-0.1, -0.05) is 32.0 Å². The topological polar surface area (TPSA) is 213 Å². The Morgan fingerprint density at radius 2 is 1.95 bits per heavy atom. The average Bonchev–Trinajstić information content (AvgIpc) is 3.44. The van der Waals surface area contributed by atoms with Gasteiger partial charge in [0.05, 0.1) is 31.3 Å². The van der Waals surface area contributed by atoms with Gasteiger partial charge in [0.15, 0.2) is 11.2 Å². The first kappa shape index (κ1) is 34.1. The van der Waals surface area contributed by atoms with Crippen LogP contribution >= 0.6 is 7.82 Å². The number of hydrogen-bond acceptors (Lipinski definition) is 11. The first-order valence-corrected chi connectivity index (χ1v) is 13.1. The molecule has 1 aliphatic heterocycles. The second-order valence-corrected chi connectivity index (χ2v) is 9.63. The Bertz CT molecular complexity index is 1420. The fraction of sp³-hybridized carbons (Fsp3) is 0.455. The van der Waals surface area contributed by atoms with Crippen molar-refractivity contribution in [2.45, 2.75) is 58.1 Å². The molecule has 17 heteroatoms. The summed E-state index contributed by atoms with van der Waals surface area (Å²) in [7, 11) is -5.08. The quantitative estimate of drug-likeness (QED) is 0.0937. The van der Waals surface area contributed by atoms with Crippen LogP contribution in [-0.4, -0.2) is 53.8 Å². The number of anilines is 1.